The molecule has 0 saturated carbocycles. The fraction of sp³-hybridized carbons (Fsp3) is 0.364. The fourth-order valence-electron chi connectivity index (χ4n) is 1.70. The quantitative estimate of drug-likeness (QED) is 0.748. The minimum atomic E-state index is -0.858. The van der Waals surface area contributed by atoms with E-state index in [0.717, 1.165) is 12.0 Å². The zero-order valence-electron chi connectivity index (χ0n) is 8.73. The van der Waals surface area contributed by atoms with Gasteiger partial charge in [-0.3, -0.25) is 0 Å². The average molecular weight is 243 g/mol. The molecule has 2 rings (SSSR count). The number of methoxy groups -OCH3 is 1. The maximum absolute atomic E-state index is 10.6. The van der Waals surface area contributed by atoms with E-state index in [1.165, 1.54) is 0 Å². The second-order valence-electron chi connectivity index (χ2n) is 3.39. The van der Waals surface area contributed by atoms with E-state index in [1.807, 2.05) is 12.1 Å². The van der Waals surface area contributed by atoms with Crippen LogP contribution >= 0.6 is 11.6 Å². The van der Waals surface area contributed by atoms with E-state index >= 15 is 0 Å². The molecule has 0 aromatic heterocycles. The lowest BCUT2D eigenvalue weighted by Gasteiger charge is -2.26. The Hall–Kier alpha value is -1.42. The van der Waals surface area contributed by atoms with Crippen LogP contribution in [0.2, 0.25) is 0 Å². The van der Waals surface area contributed by atoms with Crippen molar-refractivity contribution in [2.75, 3.05) is 7.11 Å². The predicted molar refractivity (Wildman–Crippen MR) is 58.1 cm³/mol. The molecule has 4 nitrogen and oxygen atoms in total. The number of benzene rings is 1. The van der Waals surface area contributed by atoms with Crippen molar-refractivity contribution in [2.45, 2.75) is 19.1 Å². The Morgan fingerprint density at radius 2 is 2.38 bits per heavy atom. The Morgan fingerprint density at radius 3 is 3.06 bits per heavy atom. The molecular weight excluding hydrogens is 232 g/mol. The summed E-state index contributed by atoms with van der Waals surface area (Å²) in [5.74, 6) is 1.26. The molecule has 1 aliphatic heterocycles. The molecule has 0 radical (unpaired) electrons. The van der Waals surface area contributed by atoms with Crippen molar-refractivity contribution in [3.05, 3.63) is 23.8 Å². The van der Waals surface area contributed by atoms with Crippen molar-refractivity contribution in [3.8, 4) is 11.5 Å². The standard InChI is InChI=1S/C11H11ClO4/c1-14-8-4-2-3-7-5-6-9(15-10(7)8)16-11(12)13/h2-4,9H,5-6H2,1H3. The molecule has 86 valence electrons. The van der Waals surface area contributed by atoms with Gasteiger partial charge in [-0.1, -0.05) is 12.1 Å². The third-order valence-corrected chi connectivity index (χ3v) is 2.49. The van der Waals surface area contributed by atoms with Gasteiger partial charge in [0.25, 0.3) is 0 Å². The highest BCUT2D eigenvalue weighted by Crippen LogP contribution is 2.36. The highest BCUT2D eigenvalue weighted by atomic mass is 35.5. The van der Waals surface area contributed by atoms with E-state index in [1.54, 1.807) is 13.2 Å². The van der Waals surface area contributed by atoms with Crippen molar-refractivity contribution >= 4 is 17.0 Å². The third-order valence-electron chi connectivity index (χ3n) is 2.40. The Labute approximate surface area is 98.1 Å². The molecule has 1 unspecified atom stereocenters. The summed E-state index contributed by atoms with van der Waals surface area (Å²) in [5, 5.41) is 0. The van der Waals surface area contributed by atoms with Gasteiger partial charge >= 0.3 is 5.43 Å². The van der Waals surface area contributed by atoms with Crippen LogP contribution in [0.15, 0.2) is 18.2 Å². The number of rotatable bonds is 2. The minimum Gasteiger partial charge on any atom is -0.493 e. The fourth-order valence-corrected chi connectivity index (χ4v) is 1.80. The van der Waals surface area contributed by atoms with E-state index in [0.29, 0.717) is 17.9 Å². The monoisotopic (exact) mass is 242 g/mol. The average Bonchev–Trinajstić information content (AvgIpc) is 2.27. The smallest absolute Gasteiger partial charge is 0.406 e. The lowest BCUT2D eigenvalue weighted by Crippen LogP contribution is -2.26. The third kappa shape index (κ3) is 2.22. The molecule has 0 bridgehead atoms. The Kier molecular flexibility index (Phi) is 3.19. The molecule has 0 amide bonds. The molecule has 1 heterocycles. The zero-order chi connectivity index (χ0) is 11.5. The number of hydrogen-bond acceptors (Lipinski definition) is 4. The number of carbonyl (C=O) groups excluding carboxylic acids is 1. The SMILES string of the molecule is COc1cccc2c1OC(OC(=O)Cl)CC2. The van der Waals surface area contributed by atoms with Crippen LogP contribution in [0.25, 0.3) is 0 Å². The number of para-hydroxylation sites is 1. The molecule has 1 aromatic carbocycles. The summed E-state index contributed by atoms with van der Waals surface area (Å²) in [4.78, 5) is 10.6. The summed E-state index contributed by atoms with van der Waals surface area (Å²) in [6, 6.07) is 5.65. The highest BCUT2D eigenvalue weighted by molar-refractivity contribution is 6.61. The van der Waals surface area contributed by atoms with Crippen molar-refractivity contribution in [3.63, 3.8) is 0 Å². The highest BCUT2D eigenvalue weighted by Gasteiger charge is 2.24. The van der Waals surface area contributed by atoms with Gasteiger partial charge in [0.15, 0.2) is 11.5 Å². The van der Waals surface area contributed by atoms with Crippen LogP contribution < -0.4 is 9.47 Å². The number of fused-ring (bicyclic) bond motifs is 1. The van der Waals surface area contributed by atoms with Gasteiger partial charge in [0.2, 0.25) is 6.29 Å². The van der Waals surface area contributed by atoms with E-state index in [9.17, 15) is 4.79 Å². The Balaban J connectivity index is 2.21. The molecular formula is C11H11ClO4. The largest absolute Gasteiger partial charge is 0.493 e. The summed E-state index contributed by atoms with van der Waals surface area (Å²) in [6.07, 6.45) is 0.730. The lowest BCUT2D eigenvalue weighted by molar-refractivity contribution is -0.0360. The first kappa shape index (κ1) is 11.1. The van der Waals surface area contributed by atoms with E-state index in [2.05, 4.69) is 0 Å². The normalized spacial score (nSPS) is 18.2. The van der Waals surface area contributed by atoms with Crippen molar-refractivity contribution < 1.29 is 19.0 Å². The van der Waals surface area contributed by atoms with Gasteiger partial charge in [-0.25, -0.2) is 4.79 Å². The topological polar surface area (TPSA) is 44.8 Å². The van der Waals surface area contributed by atoms with Crippen LogP contribution in [0, 0.1) is 0 Å². The van der Waals surface area contributed by atoms with E-state index < -0.39 is 11.7 Å². The second-order valence-corrected chi connectivity index (χ2v) is 3.70. The summed E-state index contributed by atoms with van der Waals surface area (Å²) in [7, 11) is 1.57. The number of ether oxygens (including phenoxy) is 3. The molecule has 5 heteroatoms. The van der Waals surface area contributed by atoms with Gasteiger partial charge in [0.1, 0.15) is 0 Å². The van der Waals surface area contributed by atoms with Crippen molar-refractivity contribution in [2.24, 2.45) is 0 Å². The van der Waals surface area contributed by atoms with Crippen LogP contribution in [0.3, 0.4) is 0 Å². The molecule has 1 aromatic rings. The van der Waals surface area contributed by atoms with Crippen LogP contribution in [0.4, 0.5) is 4.79 Å². The first-order valence-corrected chi connectivity index (χ1v) is 5.27. The maximum Gasteiger partial charge on any atom is 0.406 e. The molecule has 0 N–H and O–H groups in total. The Morgan fingerprint density at radius 1 is 1.56 bits per heavy atom. The maximum atomic E-state index is 10.6. The predicted octanol–water partition coefficient (Wildman–Crippen LogP) is 2.72. The van der Waals surface area contributed by atoms with Gasteiger partial charge in [-0.05, 0) is 18.1 Å². The number of carbonyl (C=O) groups is 1. The minimum absolute atomic E-state index is 0.596. The second kappa shape index (κ2) is 4.61. The van der Waals surface area contributed by atoms with Crippen LogP contribution in [-0.2, 0) is 11.2 Å². The Bertz CT molecular complexity index is 391. The molecule has 0 aliphatic carbocycles. The summed E-state index contributed by atoms with van der Waals surface area (Å²) < 4.78 is 15.5. The van der Waals surface area contributed by atoms with E-state index in [4.69, 9.17) is 25.8 Å². The number of halogens is 1. The lowest BCUT2D eigenvalue weighted by atomic mass is 10.1. The van der Waals surface area contributed by atoms with Gasteiger partial charge in [-0.15, -0.1) is 0 Å². The van der Waals surface area contributed by atoms with Gasteiger partial charge in [0, 0.05) is 18.0 Å². The van der Waals surface area contributed by atoms with Gasteiger partial charge in [0.05, 0.1) is 7.11 Å². The zero-order valence-corrected chi connectivity index (χ0v) is 9.49. The molecule has 0 fully saturated rings. The molecule has 0 spiro atoms. The molecule has 0 saturated heterocycles. The van der Waals surface area contributed by atoms with Crippen molar-refractivity contribution in [1.29, 1.82) is 0 Å². The summed E-state index contributed by atoms with van der Waals surface area (Å²) in [6.45, 7) is 0. The van der Waals surface area contributed by atoms with Crippen LogP contribution in [0.1, 0.15) is 12.0 Å². The molecule has 1 aliphatic rings. The number of aryl methyl sites for hydroxylation is 1. The van der Waals surface area contributed by atoms with Crippen molar-refractivity contribution in [1.82, 2.24) is 0 Å². The van der Waals surface area contributed by atoms with E-state index in [-0.39, 0.29) is 0 Å². The first-order valence-electron chi connectivity index (χ1n) is 4.89. The van der Waals surface area contributed by atoms with Crippen LogP contribution in [0.5, 0.6) is 11.5 Å². The first-order chi connectivity index (χ1) is 7.70. The number of hydrogen-bond donors (Lipinski definition) is 0. The van der Waals surface area contributed by atoms with Gasteiger partial charge < -0.3 is 14.2 Å². The van der Waals surface area contributed by atoms with Crippen LogP contribution in [-0.4, -0.2) is 18.8 Å². The molecule has 16 heavy (non-hydrogen) atoms. The van der Waals surface area contributed by atoms with Gasteiger partial charge in [-0.2, -0.15) is 0 Å². The summed E-state index contributed by atoms with van der Waals surface area (Å²) in [5.41, 5.74) is 0.185. The summed E-state index contributed by atoms with van der Waals surface area (Å²) >= 11 is 5.14. The molecule has 1 atom stereocenters.